The average molecular weight is 566 g/mol. The molecule has 0 saturated heterocycles. The molecule has 1 fully saturated rings. The van der Waals surface area contributed by atoms with Crippen molar-refractivity contribution in [1.29, 1.82) is 0 Å². The van der Waals surface area contributed by atoms with Gasteiger partial charge < -0.3 is 34.4 Å². The van der Waals surface area contributed by atoms with E-state index in [9.17, 15) is 14.7 Å². The summed E-state index contributed by atoms with van der Waals surface area (Å²) in [6.07, 6.45) is 7.18. The van der Waals surface area contributed by atoms with E-state index in [-0.39, 0.29) is 44.9 Å². The van der Waals surface area contributed by atoms with Crippen LogP contribution in [0.25, 0.3) is 11.2 Å². The second-order valence-electron chi connectivity index (χ2n) is 9.83. The molecule has 0 unspecified atom stereocenters. The first-order valence-corrected chi connectivity index (χ1v) is 14.0. The molecule has 3 rings (SSSR count). The van der Waals surface area contributed by atoms with Gasteiger partial charge in [0.2, 0.25) is 11.8 Å². The van der Waals surface area contributed by atoms with E-state index >= 15 is 0 Å². The van der Waals surface area contributed by atoms with Gasteiger partial charge in [0.05, 0.1) is 32.8 Å². The third kappa shape index (κ3) is 8.98. The molecule has 40 heavy (non-hydrogen) atoms. The quantitative estimate of drug-likeness (QED) is 0.130. The van der Waals surface area contributed by atoms with Gasteiger partial charge in [0.1, 0.15) is 18.2 Å². The maximum absolute atomic E-state index is 12.1. The fourth-order valence-electron chi connectivity index (χ4n) is 4.56. The van der Waals surface area contributed by atoms with Crippen molar-refractivity contribution in [3.8, 4) is 5.88 Å². The van der Waals surface area contributed by atoms with Crippen molar-refractivity contribution in [2.45, 2.75) is 96.8 Å². The zero-order valence-electron chi connectivity index (χ0n) is 23.9. The number of rotatable bonds is 16. The van der Waals surface area contributed by atoms with Gasteiger partial charge in [0.25, 0.3) is 0 Å². The van der Waals surface area contributed by atoms with Crippen LogP contribution < -0.4 is 21.1 Å². The van der Waals surface area contributed by atoms with E-state index in [2.05, 4.69) is 25.6 Å². The molecule has 0 bridgehead atoms. The molecule has 14 heteroatoms. The summed E-state index contributed by atoms with van der Waals surface area (Å²) in [6.45, 7) is 7.69. The smallest absolute Gasteiger partial charge is 0.322 e. The highest BCUT2D eigenvalue weighted by atomic mass is 16.5. The highest BCUT2D eigenvalue weighted by molar-refractivity contribution is 5.77. The average Bonchev–Trinajstić information content (AvgIpc) is 3.32. The van der Waals surface area contributed by atoms with Crippen molar-refractivity contribution in [1.82, 2.24) is 30.2 Å². The summed E-state index contributed by atoms with van der Waals surface area (Å²) < 4.78 is 23.8. The molecule has 2 atom stereocenters. The largest absolute Gasteiger partial charge is 0.473 e. The van der Waals surface area contributed by atoms with Crippen molar-refractivity contribution in [3.63, 3.8) is 0 Å². The third-order valence-electron chi connectivity index (χ3n) is 6.56. The number of ether oxygens (including phenoxy) is 4. The monoisotopic (exact) mass is 565 g/mol. The predicted molar refractivity (Wildman–Crippen MR) is 146 cm³/mol. The van der Waals surface area contributed by atoms with Crippen LogP contribution in [0, 0.1) is 0 Å². The third-order valence-corrected chi connectivity index (χ3v) is 6.56. The van der Waals surface area contributed by atoms with E-state index in [4.69, 9.17) is 24.7 Å². The number of nitrogen functional groups attached to an aromatic ring is 1. The maximum atomic E-state index is 12.1. The van der Waals surface area contributed by atoms with E-state index in [1.54, 1.807) is 38.6 Å². The molecule has 2 aromatic rings. The van der Waals surface area contributed by atoms with Crippen LogP contribution in [0.1, 0.15) is 66.2 Å². The van der Waals surface area contributed by atoms with Gasteiger partial charge in [-0.1, -0.05) is 6.42 Å². The molecule has 224 valence electrons. The van der Waals surface area contributed by atoms with Gasteiger partial charge in [-0.05, 0) is 53.4 Å². The number of carbonyl (C=O) groups excluding carboxylic acids is 2. The molecule has 1 saturated carbocycles. The molecular formula is C26H43N7O7. The number of hydrogen-bond acceptors (Lipinski definition) is 13. The number of hydrogen-bond donors (Lipinski definition) is 4. The Bertz CT molecular complexity index is 1080. The normalized spacial score (nSPS) is 16.0. The van der Waals surface area contributed by atoms with Crippen molar-refractivity contribution >= 4 is 29.1 Å². The second-order valence-corrected chi connectivity index (χ2v) is 9.83. The molecule has 5 N–H and O–H groups in total. The Labute approximate surface area is 234 Å². The summed E-state index contributed by atoms with van der Waals surface area (Å²) >= 11 is 0. The number of aromatic nitrogens is 4. The first kappa shape index (κ1) is 31.5. The lowest BCUT2D eigenvalue weighted by Crippen LogP contribution is -2.65. The maximum Gasteiger partial charge on any atom is 0.322 e. The Morgan fingerprint density at radius 2 is 1.70 bits per heavy atom. The minimum absolute atomic E-state index is 0.0136. The molecular weight excluding hydrogens is 522 g/mol. The van der Waals surface area contributed by atoms with Crippen molar-refractivity contribution < 1.29 is 33.6 Å². The minimum Gasteiger partial charge on any atom is -0.473 e. The number of nitrogens with two attached hydrogens (primary N) is 1. The van der Waals surface area contributed by atoms with E-state index in [0.29, 0.717) is 23.6 Å². The molecule has 0 amide bonds. The minimum atomic E-state index is -1.81. The standard InChI is InChI=1S/C26H43N7O7/c1-5-38-23(34)17(3)31-26(36,32-18(4)24(35)39-6-2)12-14-37-15-13-33-16-28-20-21(33)29-25(27)30-22(20)40-19-10-8-7-9-11-19/h16-19,31-32,36H,5-15H2,1-4H3,(H2,27,29,30)/t17-,18-/m0/s1. The molecule has 14 nitrogen and oxygen atoms in total. The van der Waals surface area contributed by atoms with Gasteiger partial charge in [-0.25, -0.2) is 4.98 Å². The summed E-state index contributed by atoms with van der Waals surface area (Å²) in [5, 5.41) is 16.8. The highest BCUT2D eigenvalue weighted by Crippen LogP contribution is 2.27. The van der Waals surface area contributed by atoms with E-state index in [1.807, 2.05) is 0 Å². The number of aliphatic hydroxyl groups is 1. The summed E-state index contributed by atoms with van der Waals surface area (Å²) in [7, 11) is 0. The van der Waals surface area contributed by atoms with Crippen LogP contribution in [0.15, 0.2) is 6.33 Å². The molecule has 2 heterocycles. The van der Waals surface area contributed by atoms with Gasteiger partial charge in [0.15, 0.2) is 17.0 Å². The van der Waals surface area contributed by atoms with Crippen molar-refractivity contribution in [3.05, 3.63) is 6.33 Å². The zero-order chi connectivity index (χ0) is 29.1. The van der Waals surface area contributed by atoms with Gasteiger partial charge in [-0.3, -0.25) is 20.2 Å². The van der Waals surface area contributed by atoms with Crippen LogP contribution >= 0.6 is 0 Å². The Balaban J connectivity index is 1.59. The van der Waals surface area contributed by atoms with Crippen LogP contribution in [0.5, 0.6) is 5.88 Å². The lowest BCUT2D eigenvalue weighted by atomic mass is 9.98. The Kier molecular flexibility index (Phi) is 11.9. The molecule has 0 spiro atoms. The van der Waals surface area contributed by atoms with E-state index in [0.717, 1.165) is 25.7 Å². The summed E-state index contributed by atoms with van der Waals surface area (Å²) in [5.41, 5.74) is 7.05. The van der Waals surface area contributed by atoms with Gasteiger partial charge in [-0.15, -0.1) is 0 Å². The van der Waals surface area contributed by atoms with Gasteiger partial charge in [-0.2, -0.15) is 9.97 Å². The Morgan fingerprint density at radius 1 is 1.07 bits per heavy atom. The molecule has 1 aliphatic rings. The van der Waals surface area contributed by atoms with Crippen molar-refractivity contribution in [2.24, 2.45) is 0 Å². The fourth-order valence-corrected chi connectivity index (χ4v) is 4.56. The molecule has 2 aromatic heterocycles. The summed E-state index contributed by atoms with van der Waals surface area (Å²) in [6, 6.07) is -1.70. The van der Waals surface area contributed by atoms with Crippen LogP contribution in [0.4, 0.5) is 5.95 Å². The Morgan fingerprint density at radius 3 is 2.30 bits per heavy atom. The van der Waals surface area contributed by atoms with Gasteiger partial charge in [0, 0.05) is 13.0 Å². The van der Waals surface area contributed by atoms with Crippen molar-refractivity contribution in [2.75, 3.05) is 32.2 Å². The van der Waals surface area contributed by atoms with Crippen LogP contribution in [0.3, 0.4) is 0 Å². The summed E-state index contributed by atoms with van der Waals surface area (Å²) in [5.74, 6) is -2.38. The number of anilines is 1. The Hall–Kier alpha value is -3.07. The van der Waals surface area contributed by atoms with Gasteiger partial charge >= 0.3 is 11.9 Å². The molecule has 1 aliphatic carbocycles. The number of nitrogens with one attached hydrogen (secondary N) is 2. The lowest BCUT2D eigenvalue weighted by molar-refractivity contribution is -0.153. The number of nitrogens with zero attached hydrogens (tertiary/aromatic N) is 4. The lowest BCUT2D eigenvalue weighted by Gasteiger charge is -2.34. The first-order chi connectivity index (χ1) is 19.2. The number of fused-ring (bicyclic) bond motifs is 1. The van der Waals surface area contributed by atoms with Crippen LogP contribution in [-0.4, -0.2) is 87.0 Å². The van der Waals surface area contributed by atoms with Crippen LogP contribution in [0.2, 0.25) is 0 Å². The summed E-state index contributed by atoms with van der Waals surface area (Å²) in [4.78, 5) is 37.3. The number of imidazole rings is 1. The fraction of sp³-hybridized carbons (Fsp3) is 0.731. The second kappa shape index (κ2) is 15.1. The van der Waals surface area contributed by atoms with E-state index in [1.165, 1.54) is 6.42 Å². The molecule has 0 aliphatic heterocycles. The predicted octanol–water partition coefficient (Wildman–Crippen LogP) is 1.26. The van der Waals surface area contributed by atoms with E-state index < -0.39 is 29.9 Å². The van der Waals surface area contributed by atoms with Crippen LogP contribution in [-0.2, 0) is 30.3 Å². The topological polar surface area (TPSA) is 185 Å². The zero-order valence-corrected chi connectivity index (χ0v) is 23.9. The molecule has 0 aromatic carbocycles. The SMILES string of the molecule is CCOC(=O)[C@H](C)NC(O)(CCOCCn1cnc2c(OC3CCCCC3)nc(N)nc21)N[C@@H](C)C(=O)OCC. The number of esters is 2. The molecule has 0 radical (unpaired) electrons. The highest BCUT2D eigenvalue weighted by Gasteiger charge is 2.34. The number of carbonyl (C=O) groups is 2. The first-order valence-electron chi connectivity index (χ1n) is 14.0.